The molecule has 0 spiro atoms. The SMILES string of the molecule is CCOc1ccc(N([C@@H](CC)C(=O)Nc2ccc(Cl)cc2C)S(C)(=O)=O)cc1. The largest absolute Gasteiger partial charge is 0.494 e. The summed E-state index contributed by atoms with van der Waals surface area (Å²) >= 11 is 5.96. The molecule has 6 nitrogen and oxygen atoms in total. The number of ether oxygens (including phenoxy) is 1. The molecule has 28 heavy (non-hydrogen) atoms. The Hall–Kier alpha value is -2.25. The van der Waals surface area contributed by atoms with Crippen LogP contribution in [0.25, 0.3) is 0 Å². The van der Waals surface area contributed by atoms with Gasteiger partial charge < -0.3 is 10.1 Å². The summed E-state index contributed by atoms with van der Waals surface area (Å²) < 4.78 is 31.6. The second-order valence-electron chi connectivity index (χ2n) is 6.36. The van der Waals surface area contributed by atoms with Gasteiger partial charge in [0.15, 0.2) is 0 Å². The van der Waals surface area contributed by atoms with Crippen LogP contribution in [-0.4, -0.2) is 33.2 Å². The molecule has 1 N–H and O–H groups in total. The Balaban J connectivity index is 2.35. The molecule has 0 radical (unpaired) electrons. The van der Waals surface area contributed by atoms with E-state index in [9.17, 15) is 13.2 Å². The maximum atomic E-state index is 12.9. The number of aryl methyl sites for hydroxylation is 1. The van der Waals surface area contributed by atoms with Gasteiger partial charge in [0.05, 0.1) is 18.6 Å². The van der Waals surface area contributed by atoms with Crippen LogP contribution >= 0.6 is 11.6 Å². The zero-order valence-electron chi connectivity index (χ0n) is 16.4. The van der Waals surface area contributed by atoms with E-state index in [4.69, 9.17) is 16.3 Å². The zero-order chi connectivity index (χ0) is 20.9. The number of hydrogen-bond acceptors (Lipinski definition) is 4. The third-order valence-electron chi connectivity index (χ3n) is 4.18. The van der Waals surface area contributed by atoms with Crippen LogP contribution in [0.3, 0.4) is 0 Å². The normalized spacial score (nSPS) is 12.3. The number of hydrogen-bond donors (Lipinski definition) is 1. The summed E-state index contributed by atoms with van der Waals surface area (Å²) in [6.45, 7) is 5.97. The third kappa shape index (κ3) is 5.39. The third-order valence-corrected chi connectivity index (χ3v) is 5.59. The summed E-state index contributed by atoms with van der Waals surface area (Å²) in [5, 5.41) is 3.38. The minimum absolute atomic E-state index is 0.304. The van der Waals surface area contributed by atoms with E-state index in [0.717, 1.165) is 16.1 Å². The Labute approximate surface area is 171 Å². The Morgan fingerprint density at radius 2 is 1.82 bits per heavy atom. The van der Waals surface area contributed by atoms with Crippen LogP contribution in [0.15, 0.2) is 42.5 Å². The Morgan fingerprint density at radius 1 is 1.18 bits per heavy atom. The standard InChI is InChI=1S/C20H25ClN2O4S/c1-5-19(20(24)22-18-12-7-15(21)13-14(18)3)23(28(4,25)26)16-8-10-17(11-9-16)27-6-2/h7-13,19H,5-6H2,1-4H3,(H,22,24)/t19-/m0/s1. The molecule has 2 rings (SSSR count). The van der Waals surface area contributed by atoms with Crippen LogP contribution in [0, 0.1) is 6.92 Å². The van der Waals surface area contributed by atoms with E-state index in [-0.39, 0.29) is 0 Å². The van der Waals surface area contributed by atoms with Crippen LogP contribution in [0.5, 0.6) is 5.75 Å². The fourth-order valence-corrected chi connectivity index (χ4v) is 4.34. The van der Waals surface area contributed by atoms with Crippen molar-refractivity contribution in [3.8, 4) is 5.75 Å². The maximum absolute atomic E-state index is 12.9. The van der Waals surface area contributed by atoms with Gasteiger partial charge in [-0.3, -0.25) is 9.10 Å². The van der Waals surface area contributed by atoms with Crippen molar-refractivity contribution in [3.63, 3.8) is 0 Å². The highest BCUT2D eigenvalue weighted by atomic mass is 35.5. The number of nitrogens with zero attached hydrogens (tertiary/aromatic N) is 1. The van der Waals surface area contributed by atoms with Gasteiger partial charge in [0.25, 0.3) is 0 Å². The van der Waals surface area contributed by atoms with Crippen LogP contribution < -0.4 is 14.4 Å². The molecule has 0 bridgehead atoms. The lowest BCUT2D eigenvalue weighted by Gasteiger charge is -2.30. The number of nitrogens with one attached hydrogen (secondary N) is 1. The van der Waals surface area contributed by atoms with Crippen molar-refractivity contribution in [2.45, 2.75) is 33.2 Å². The van der Waals surface area contributed by atoms with E-state index < -0.39 is 22.0 Å². The van der Waals surface area contributed by atoms with Crippen LogP contribution in [-0.2, 0) is 14.8 Å². The average Bonchev–Trinajstić information content (AvgIpc) is 2.62. The predicted octanol–water partition coefficient (Wildman–Crippen LogP) is 4.23. The number of anilines is 2. The molecular formula is C20H25ClN2O4S. The number of amides is 1. The summed E-state index contributed by atoms with van der Waals surface area (Å²) in [6.07, 6.45) is 1.39. The first-order valence-electron chi connectivity index (χ1n) is 8.96. The number of carbonyl (C=O) groups is 1. The minimum Gasteiger partial charge on any atom is -0.494 e. The molecule has 0 aliphatic rings. The molecule has 2 aromatic rings. The molecule has 8 heteroatoms. The topological polar surface area (TPSA) is 75.7 Å². The minimum atomic E-state index is -3.70. The molecule has 0 aromatic heterocycles. The fraction of sp³-hybridized carbons (Fsp3) is 0.350. The molecular weight excluding hydrogens is 400 g/mol. The number of benzene rings is 2. The lowest BCUT2D eigenvalue weighted by atomic mass is 10.1. The summed E-state index contributed by atoms with van der Waals surface area (Å²) in [5.74, 6) is 0.223. The highest BCUT2D eigenvalue weighted by molar-refractivity contribution is 7.92. The molecule has 0 heterocycles. The fourth-order valence-electron chi connectivity index (χ4n) is 2.90. The quantitative estimate of drug-likeness (QED) is 0.688. The summed E-state index contributed by atoms with van der Waals surface area (Å²) in [6, 6.07) is 10.8. The monoisotopic (exact) mass is 424 g/mol. The van der Waals surface area contributed by atoms with E-state index in [1.165, 1.54) is 0 Å². The predicted molar refractivity (Wildman–Crippen MR) is 114 cm³/mol. The van der Waals surface area contributed by atoms with Crippen molar-refractivity contribution in [1.82, 2.24) is 0 Å². The number of rotatable bonds is 8. The lowest BCUT2D eigenvalue weighted by molar-refractivity contribution is -0.117. The first kappa shape index (κ1) is 22.0. The number of halogens is 1. The number of sulfonamides is 1. The summed E-state index contributed by atoms with van der Waals surface area (Å²) in [5.41, 5.74) is 1.79. The smallest absolute Gasteiger partial charge is 0.248 e. The van der Waals surface area contributed by atoms with E-state index >= 15 is 0 Å². The van der Waals surface area contributed by atoms with Gasteiger partial charge in [0, 0.05) is 10.7 Å². The van der Waals surface area contributed by atoms with Crippen molar-refractivity contribution < 1.29 is 17.9 Å². The lowest BCUT2D eigenvalue weighted by Crippen LogP contribution is -2.47. The van der Waals surface area contributed by atoms with Crippen molar-refractivity contribution >= 4 is 38.9 Å². The van der Waals surface area contributed by atoms with Gasteiger partial charge in [-0.1, -0.05) is 18.5 Å². The molecule has 0 aliphatic heterocycles. The van der Waals surface area contributed by atoms with Crippen molar-refractivity contribution in [2.75, 3.05) is 22.5 Å². The molecule has 0 aliphatic carbocycles. The van der Waals surface area contributed by atoms with Crippen molar-refractivity contribution in [3.05, 3.63) is 53.1 Å². The Kier molecular flexibility index (Phi) is 7.32. The Bertz CT molecular complexity index is 930. The van der Waals surface area contributed by atoms with E-state index in [2.05, 4.69) is 5.32 Å². The van der Waals surface area contributed by atoms with Gasteiger partial charge in [-0.05, 0) is 68.3 Å². The van der Waals surface area contributed by atoms with Crippen molar-refractivity contribution in [2.24, 2.45) is 0 Å². The van der Waals surface area contributed by atoms with Gasteiger partial charge in [-0.25, -0.2) is 8.42 Å². The van der Waals surface area contributed by atoms with E-state index in [0.29, 0.717) is 35.2 Å². The van der Waals surface area contributed by atoms with Crippen LogP contribution in [0.1, 0.15) is 25.8 Å². The highest BCUT2D eigenvalue weighted by Crippen LogP contribution is 2.26. The molecule has 152 valence electrons. The molecule has 2 aromatic carbocycles. The van der Waals surface area contributed by atoms with E-state index in [1.807, 2.05) is 13.8 Å². The highest BCUT2D eigenvalue weighted by Gasteiger charge is 2.31. The van der Waals surface area contributed by atoms with Crippen LogP contribution in [0.2, 0.25) is 5.02 Å². The first-order chi connectivity index (χ1) is 13.2. The second kappa shape index (κ2) is 9.30. The number of carbonyl (C=O) groups excluding carboxylic acids is 1. The van der Waals surface area contributed by atoms with Gasteiger partial charge >= 0.3 is 0 Å². The molecule has 0 saturated carbocycles. The van der Waals surface area contributed by atoms with Gasteiger partial charge in [-0.2, -0.15) is 0 Å². The van der Waals surface area contributed by atoms with E-state index in [1.54, 1.807) is 49.4 Å². The summed E-state index contributed by atoms with van der Waals surface area (Å²) in [7, 11) is -3.70. The maximum Gasteiger partial charge on any atom is 0.248 e. The molecule has 1 amide bonds. The Morgan fingerprint density at radius 3 is 2.32 bits per heavy atom. The first-order valence-corrected chi connectivity index (χ1v) is 11.2. The summed E-state index contributed by atoms with van der Waals surface area (Å²) in [4.78, 5) is 12.9. The molecule has 1 atom stereocenters. The van der Waals surface area contributed by atoms with Crippen molar-refractivity contribution in [1.29, 1.82) is 0 Å². The molecule has 0 unspecified atom stereocenters. The average molecular weight is 425 g/mol. The second-order valence-corrected chi connectivity index (χ2v) is 8.65. The van der Waals surface area contributed by atoms with Gasteiger partial charge in [-0.15, -0.1) is 0 Å². The molecule has 0 saturated heterocycles. The molecule has 0 fully saturated rings. The van der Waals surface area contributed by atoms with Gasteiger partial charge in [0.1, 0.15) is 11.8 Å². The van der Waals surface area contributed by atoms with Crippen LogP contribution in [0.4, 0.5) is 11.4 Å². The zero-order valence-corrected chi connectivity index (χ0v) is 18.0. The van der Waals surface area contributed by atoms with Gasteiger partial charge in [0.2, 0.25) is 15.9 Å².